The number of nitrogens with one attached hydrogen (secondary N) is 1. The minimum Gasteiger partial charge on any atom is -0.448 e. The fraction of sp³-hybridized carbons (Fsp3) is 0.385. The number of hydrogen-bond donors (Lipinski definition) is 1. The van der Waals surface area contributed by atoms with E-state index in [0.29, 0.717) is 42.8 Å². The quantitative estimate of drug-likeness (QED) is 0.538. The van der Waals surface area contributed by atoms with Gasteiger partial charge in [-0.2, -0.15) is 4.31 Å². The number of likely N-dealkylation sites (N-methyl/N-ethyl adjacent to an activating group) is 1. The molecule has 0 radical (unpaired) electrons. The molecule has 1 N–H and O–H groups in total. The third kappa shape index (κ3) is 5.48. The van der Waals surface area contributed by atoms with Gasteiger partial charge in [0.1, 0.15) is 0 Å². The van der Waals surface area contributed by atoms with Crippen LogP contribution in [0.3, 0.4) is 0 Å². The first-order valence-corrected chi connectivity index (χ1v) is 14.2. The van der Waals surface area contributed by atoms with Crippen molar-refractivity contribution in [2.45, 2.75) is 0 Å². The van der Waals surface area contributed by atoms with E-state index in [9.17, 15) is 18.0 Å². The largest absolute Gasteiger partial charge is 0.448 e. The summed E-state index contributed by atoms with van der Waals surface area (Å²) < 4.78 is 31.0. The first kappa shape index (κ1) is 25.2. The molecule has 3 heterocycles. The van der Waals surface area contributed by atoms with Gasteiger partial charge in [0.05, 0.1) is 17.3 Å². The van der Waals surface area contributed by atoms with E-state index in [1.807, 2.05) is 24.3 Å². The average Bonchev–Trinajstić information content (AvgIpc) is 2.89. The lowest BCUT2D eigenvalue weighted by molar-refractivity contribution is 0.0997. The van der Waals surface area contributed by atoms with Crippen LogP contribution in [0.4, 0.5) is 17.1 Å². The number of fused-ring (bicyclic) bond motifs is 1. The Morgan fingerprint density at radius 2 is 1.54 bits per heavy atom. The summed E-state index contributed by atoms with van der Waals surface area (Å²) >= 11 is 0. The second kappa shape index (κ2) is 10.2. The Kier molecular flexibility index (Phi) is 6.93. The number of hydrogen-bond acceptors (Lipinski definition) is 8. The SMILES string of the molecule is CN1CCN(c2cccc3c(=O)cc(C(=O)Nc4ccc(N5CCN(S(C)(=O)=O)CC5)cc4)oc23)CC1. The van der Waals surface area contributed by atoms with Gasteiger partial charge < -0.3 is 24.4 Å². The summed E-state index contributed by atoms with van der Waals surface area (Å²) in [5.74, 6) is -0.540. The monoisotopic (exact) mass is 525 g/mol. The number of benzene rings is 2. The summed E-state index contributed by atoms with van der Waals surface area (Å²) in [6.07, 6.45) is 1.23. The van der Waals surface area contributed by atoms with Crippen LogP contribution < -0.4 is 20.5 Å². The predicted octanol–water partition coefficient (Wildman–Crippen LogP) is 1.88. The molecule has 1 amide bonds. The maximum absolute atomic E-state index is 13.0. The molecule has 37 heavy (non-hydrogen) atoms. The van der Waals surface area contributed by atoms with Crippen molar-refractivity contribution >= 4 is 44.0 Å². The number of piperazine rings is 2. The van der Waals surface area contributed by atoms with Crippen LogP contribution in [-0.2, 0) is 10.0 Å². The Balaban J connectivity index is 1.31. The minimum absolute atomic E-state index is 0.0416. The lowest BCUT2D eigenvalue weighted by Crippen LogP contribution is -2.48. The topological polar surface area (TPSA) is 106 Å². The summed E-state index contributed by atoms with van der Waals surface area (Å²) in [5, 5.41) is 3.27. The van der Waals surface area contributed by atoms with Crippen molar-refractivity contribution in [3.63, 3.8) is 0 Å². The molecule has 0 unspecified atom stereocenters. The van der Waals surface area contributed by atoms with Crippen molar-refractivity contribution in [3.05, 3.63) is 64.5 Å². The normalized spacial score (nSPS) is 17.8. The molecule has 0 spiro atoms. The Morgan fingerprint density at radius 1 is 0.892 bits per heavy atom. The molecule has 196 valence electrons. The third-order valence-electron chi connectivity index (χ3n) is 7.00. The van der Waals surface area contributed by atoms with Crippen LogP contribution in [0.1, 0.15) is 10.6 Å². The molecule has 3 aromatic rings. The van der Waals surface area contributed by atoms with E-state index in [2.05, 4.69) is 27.1 Å². The van der Waals surface area contributed by atoms with Crippen LogP contribution in [0.25, 0.3) is 11.0 Å². The molecule has 0 atom stereocenters. The fourth-order valence-electron chi connectivity index (χ4n) is 4.80. The summed E-state index contributed by atoms with van der Waals surface area (Å²) in [5.41, 5.74) is 2.50. The number of amides is 1. The summed E-state index contributed by atoms with van der Waals surface area (Å²) in [7, 11) is -1.11. The van der Waals surface area contributed by atoms with E-state index >= 15 is 0 Å². The number of para-hydroxylation sites is 1. The van der Waals surface area contributed by atoms with Gasteiger partial charge in [-0.3, -0.25) is 9.59 Å². The van der Waals surface area contributed by atoms with Crippen LogP contribution >= 0.6 is 0 Å². The zero-order valence-corrected chi connectivity index (χ0v) is 21.8. The van der Waals surface area contributed by atoms with Gasteiger partial charge >= 0.3 is 0 Å². The molecular weight excluding hydrogens is 494 g/mol. The fourth-order valence-corrected chi connectivity index (χ4v) is 5.62. The van der Waals surface area contributed by atoms with Gasteiger partial charge in [0.2, 0.25) is 10.0 Å². The van der Waals surface area contributed by atoms with Crippen molar-refractivity contribution in [3.8, 4) is 0 Å². The van der Waals surface area contributed by atoms with Gasteiger partial charge in [-0.05, 0) is 43.4 Å². The van der Waals surface area contributed by atoms with Gasteiger partial charge in [0, 0.05) is 69.8 Å². The van der Waals surface area contributed by atoms with Crippen LogP contribution in [0.15, 0.2) is 57.7 Å². The van der Waals surface area contributed by atoms with Crippen molar-refractivity contribution in [2.75, 3.05) is 80.8 Å². The van der Waals surface area contributed by atoms with Crippen LogP contribution in [0, 0.1) is 0 Å². The molecule has 0 aliphatic carbocycles. The molecule has 2 saturated heterocycles. The number of anilines is 3. The number of nitrogens with zero attached hydrogens (tertiary/aromatic N) is 4. The molecular formula is C26H31N5O5S. The minimum atomic E-state index is -3.18. The second-order valence-corrected chi connectivity index (χ2v) is 11.6. The Bertz CT molecular complexity index is 1450. The highest BCUT2D eigenvalue weighted by atomic mass is 32.2. The van der Waals surface area contributed by atoms with E-state index in [1.165, 1.54) is 16.6 Å². The maximum atomic E-state index is 13.0. The van der Waals surface area contributed by atoms with E-state index in [4.69, 9.17) is 4.42 Å². The highest BCUT2D eigenvalue weighted by molar-refractivity contribution is 7.88. The summed E-state index contributed by atoms with van der Waals surface area (Å²) in [4.78, 5) is 32.4. The summed E-state index contributed by atoms with van der Waals surface area (Å²) in [6, 6.07) is 14.1. The number of carbonyl (C=O) groups excluding carboxylic acids is 1. The molecule has 10 nitrogen and oxygen atoms in total. The molecule has 2 aromatic carbocycles. The lowest BCUT2D eigenvalue weighted by atomic mass is 10.1. The number of rotatable bonds is 5. The Labute approximate surface area is 216 Å². The van der Waals surface area contributed by atoms with Crippen molar-refractivity contribution in [2.24, 2.45) is 0 Å². The molecule has 1 aromatic heterocycles. The number of carbonyl (C=O) groups is 1. The highest BCUT2D eigenvalue weighted by Crippen LogP contribution is 2.27. The lowest BCUT2D eigenvalue weighted by Gasteiger charge is -2.34. The zero-order valence-electron chi connectivity index (χ0n) is 21.0. The van der Waals surface area contributed by atoms with E-state index < -0.39 is 15.9 Å². The smallest absolute Gasteiger partial charge is 0.291 e. The molecule has 2 aliphatic rings. The van der Waals surface area contributed by atoms with Gasteiger partial charge in [-0.25, -0.2) is 8.42 Å². The van der Waals surface area contributed by atoms with Gasteiger partial charge in [-0.15, -0.1) is 0 Å². The number of sulfonamides is 1. The molecule has 0 bridgehead atoms. The van der Waals surface area contributed by atoms with Crippen molar-refractivity contribution < 1.29 is 17.6 Å². The zero-order chi connectivity index (χ0) is 26.2. The van der Waals surface area contributed by atoms with E-state index in [1.54, 1.807) is 18.2 Å². The molecule has 0 saturated carbocycles. The molecule has 2 aliphatic heterocycles. The van der Waals surface area contributed by atoms with Gasteiger partial charge in [0.25, 0.3) is 5.91 Å². The van der Waals surface area contributed by atoms with Crippen molar-refractivity contribution in [1.82, 2.24) is 9.21 Å². The first-order chi connectivity index (χ1) is 17.7. The third-order valence-corrected chi connectivity index (χ3v) is 8.30. The van der Waals surface area contributed by atoms with Crippen molar-refractivity contribution in [1.29, 1.82) is 0 Å². The Morgan fingerprint density at radius 3 is 2.19 bits per heavy atom. The van der Waals surface area contributed by atoms with E-state index in [-0.39, 0.29) is 11.2 Å². The molecule has 2 fully saturated rings. The predicted molar refractivity (Wildman–Crippen MR) is 145 cm³/mol. The maximum Gasteiger partial charge on any atom is 0.291 e. The standard InChI is InChI=1S/C26H31N5O5S/c1-28-10-12-30(13-11-28)22-5-3-4-21-23(32)18-24(36-25(21)22)26(33)27-19-6-8-20(9-7-19)29-14-16-31(17-15-29)37(2,34)35/h3-9,18H,10-17H2,1-2H3,(H,27,33). The average molecular weight is 526 g/mol. The van der Waals surface area contributed by atoms with Gasteiger partial charge in [-0.1, -0.05) is 6.07 Å². The highest BCUT2D eigenvalue weighted by Gasteiger charge is 2.24. The molecule has 11 heteroatoms. The second-order valence-electron chi connectivity index (χ2n) is 9.57. The Hall–Kier alpha value is -3.41. The van der Waals surface area contributed by atoms with Crippen LogP contribution in [-0.4, -0.2) is 89.2 Å². The van der Waals surface area contributed by atoms with Gasteiger partial charge in [0.15, 0.2) is 16.8 Å². The van der Waals surface area contributed by atoms with Crippen LogP contribution in [0.2, 0.25) is 0 Å². The summed E-state index contributed by atoms with van der Waals surface area (Å²) in [6.45, 7) is 5.50. The van der Waals surface area contributed by atoms with E-state index in [0.717, 1.165) is 37.6 Å². The molecule has 5 rings (SSSR count). The first-order valence-electron chi connectivity index (χ1n) is 12.3. The van der Waals surface area contributed by atoms with Crippen LogP contribution in [0.5, 0.6) is 0 Å².